The van der Waals surface area contributed by atoms with Crippen LogP contribution in [-0.2, 0) is 16.8 Å². The second kappa shape index (κ2) is 5.37. The average Bonchev–Trinajstić information content (AvgIpc) is 1.88. The smallest absolute Gasteiger partial charge is 0.125 e. The van der Waals surface area contributed by atoms with Gasteiger partial charge in [-0.05, 0) is 27.7 Å². The van der Waals surface area contributed by atoms with Crippen LogP contribution in [0.25, 0.3) is 0 Å². The summed E-state index contributed by atoms with van der Waals surface area (Å²) in [6, 6.07) is 0. The summed E-state index contributed by atoms with van der Waals surface area (Å²) < 4.78 is 0. The van der Waals surface area contributed by atoms with E-state index in [1.807, 2.05) is 0 Å². The van der Waals surface area contributed by atoms with E-state index in [2.05, 4.69) is 10.4 Å². The van der Waals surface area contributed by atoms with E-state index in [1.165, 1.54) is 0 Å². The van der Waals surface area contributed by atoms with Crippen molar-refractivity contribution >= 4 is 0 Å². The third-order valence-corrected chi connectivity index (χ3v) is 1.95. The molecule has 0 rings (SSSR count). The first kappa shape index (κ1) is 17.7. The van der Waals surface area contributed by atoms with Gasteiger partial charge in [-0.1, -0.05) is 10.4 Å². The summed E-state index contributed by atoms with van der Waals surface area (Å²) in [4.78, 5) is 20.4. The van der Waals surface area contributed by atoms with Crippen LogP contribution in [0.4, 0.5) is 0 Å². The predicted octanol–water partition coefficient (Wildman–Crippen LogP) is 2.52. The molecule has 0 aromatic rings. The Hall–Kier alpha value is -0.294. The van der Waals surface area contributed by atoms with Gasteiger partial charge in [0.05, 0.1) is 0 Å². The standard InChI is InChI=1S/C6H12N2O2.CH3.Co/c1-5(2,7-9)6(3,4)8-10;;/h1-4H3;1H3;/q;-1;. The Morgan fingerprint density at radius 2 is 1.00 bits per heavy atom. The number of hydrogen-bond donors (Lipinski definition) is 0. The van der Waals surface area contributed by atoms with E-state index in [4.69, 9.17) is 0 Å². The van der Waals surface area contributed by atoms with Crippen molar-refractivity contribution in [1.29, 1.82) is 0 Å². The molecule has 0 N–H and O–H groups in total. The molecule has 0 bridgehead atoms. The van der Waals surface area contributed by atoms with Gasteiger partial charge < -0.3 is 7.43 Å². The minimum absolute atomic E-state index is 0. The molecule has 0 aromatic heterocycles. The number of hydrogen-bond acceptors (Lipinski definition) is 4. The van der Waals surface area contributed by atoms with Crippen LogP contribution in [0.2, 0.25) is 0 Å². The van der Waals surface area contributed by atoms with Gasteiger partial charge in [-0.2, -0.15) is 9.81 Å². The van der Waals surface area contributed by atoms with Gasteiger partial charge in [0.15, 0.2) is 0 Å². The Morgan fingerprint density at radius 3 is 1.08 bits per heavy atom. The molecule has 0 aliphatic carbocycles. The molecular formula is C7H15CoN2O2-. The summed E-state index contributed by atoms with van der Waals surface area (Å²) >= 11 is 0. The normalized spacial score (nSPS) is 10.7. The van der Waals surface area contributed by atoms with Crippen molar-refractivity contribution < 1.29 is 16.8 Å². The van der Waals surface area contributed by atoms with Crippen LogP contribution >= 0.6 is 0 Å². The number of nitroso groups, excluding NO2 is 2. The van der Waals surface area contributed by atoms with E-state index in [-0.39, 0.29) is 24.2 Å². The van der Waals surface area contributed by atoms with Gasteiger partial charge in [0, 0.05) is 16.8 Å². The summed E-state index contributed by atoms with van der Waals surface area (Å²) in [5, 5.41) is 5.64. The monoisotopic (exact) mass is 218 g/mol. The van der Waals surface area contributed by atoms with E-state index in [1.54, 1.807) is 27.7 Å². The van der Waals surface area contributed by atoms with E-state index < -0.39 is 11.1 Å². The minimum atomic E-state index is -0.922. The zero-order valence-electron chi connectivity index (χ0n) is 8.04. The molecule has 1 radical (unpaired) electrons. The third-order valence-electron chi connectivity index (χ3n) is 1.95. The molecule has 0 saturated carbocycles. The van der Waals surface area contributed by atoms with Gasteiger partial charge in [-0.15, -0.1) is 0 Å². The SMILES string of the molecule is CC(C)(N=O)C(C)(C)N=O.[CH3-].[Co]. The molecule has 0 aliphatic heterocycles. The van der Waals surface area contributed by atoms with E-state index in [0.717, 1.165) is 0 Å². The molecular weight excluding hydrogens is 203 g/mol. The Balaban J connectivity index is -0.000000405. The molecule has 0 saturated heterocycles. The topological polar surface area (TPSA) is 58.9 Å². The predicted molar refractivity (Wildman–Crippen MR) is 46.2 cm³/mol. The first-order valence-corrected chi connectivity index (χ1v) is 3.06. The fraction of sp³-hybridized carbons (Fsp3) is 0.857. The molecule has 0 unspecified atom stereocenters. The Labute approximate surface area is 83.6 Å². The molecule has 0 fully saturated rings. The van der Waals surface area contributed by atoms with Crippen molar-refractivity contribution in [2.75, 3.05) is 0 Å². The van der Waals surface area contributed by atoms with Gasteiger partial charge in [-0.25, -0.2) is 0 Å². The van der Waals surface area contributed by atoms with Crippen LogP contribution in [0.3, 0.4) is 0 Å². The number of rotatable bonds is 3. The van der Waals surface area contributed by atoms with Crippen molar-refractivity contribution in [2.24, 2.45) is 10.4 Å². The van der Waals surface area contributed by atoms with Crippen LogP contribution in [0.15, 0.2) is 10.4 Å². The van der Waals surface area contributed by atoms with Gasteiger partial charge in [-0.3, -0.25) is 0 Å². The summed E-state index contributed by atoms with van der Waals surface area (Å²) in [6.07, 6.45) is 0. The molecule has 0 atom stereocenters. The van der Waals surface area contributed by atoms with Gasteiger partial charge >= 0.3 is 0 Å². The maximum absolute atomic E-state index is 10.2. The Morgan fingerprint density at radius 1 is 0.833 bits per heavy atom. The van der Waals surface area contributed by atoms with Crippen molar-refractivity contribution in [3.63, 3.8) is 0 Å². The van der Waals surface area contributed by atoms with E-state index in [0.29, 0.717) is 0 Å². The molecule has 0 heterocycles. The van der Waals surface area contributed by atoms with Crippen LogP contribution in [0.5, 0.6) is 0 Å². The molecule has 12 heavy (non-hydrogen) atoms. The Bertz CT molecular complexity index is 139. The van der Waals surface area contributed by atoms with Crippen molar-refractivity contribution in [2.45, 2.75) is 38.8 Å². The van der Waals surface area contributed by atoms with Crippen LogP contribution in [-0.4, -0.2) is 11.1 Å². The van der Waals surface area contributed by atoms with Crippen molar-refractivity contribution in [3.8, 4) is 0 Å². The summed E-state index contributed by atoms with van der Waals surface area (Å²) in [7, 11) is 0. The first-order valence-electron chi connectivity index (χ1n) is 3.06. The maximum atomic E-state index is 10.2. The Kier molecular flexibility index (Phi) is 7.92. The van der Waals surface area contributed by atoms with Crippen molar-refractivity contribution in [3.05, 3.63) is 17.2 Å². The second-order valence-corrected chi connectivity index (χ2v) is 3.30. The molecule has 0 spiro atoms. The molecule has 0 aliphatic rings. The molecule has 5 heteroatoms. The van der Waals surface area contributed by atoms with E-state index in [9.17, 15) is 9.81 Å². The van der Waals surface area contributed by atoms with Crippen LogP contribution < -0.4 is 0 Å². The zero-order chi connectivity index (χ0) is 8.41. The maximum Gasteiger partial charge on any atom is 0.125 e. The minimum Gasteiger partial charge on any atom is -0.358 e. The molecule has 0 aromatic carbocycles. The summed E-state index contributed by atoms with van der Waals surface area (Å²) in [5.41, 5.74) is -1.84. The second-order valence-electron chi connectivity index (χ2n) is 3.30. The quantitative estimate of drug-likeness (QED) is 0.539. The summed E-state index contributed by atoms with van der Waals surface area (Å²) in [6.45, 7) is 6.34. The molecule has 75 valence electrons. The fourth-order valence-corrected chi connectivity index (χ4v) is 0.223. The molecule has 4 nitrogen and oxygen atoms in total. The molecule has 0 amide bonds. The van der Waals surface area contributed by atoms with Crippen LogP contribution in [0, 0.1) is 17.2 Å². The van der Waals surface area contributed by atoms with Crippen LogP contribution in [0.1, 0.15) is 27.7 Å². The third kappa shape index (κ3) is 3.40. The first-order chi connectivity index (χ1) is 4.37. The largest absolute Gasteiger partial charge is 0.358 e. The number of nitrogens with zero attached hydrogens (tertiary/aromatic N) is 2. The van der Waals surface area contributed by atoms with E-state index >= 15 is 0 Å². The van der Waals surface area contributed by atoms with Gasteiger partial charge in [0.1, 0.15) is 11.1 Å². The van der Waals surface area contributed by atoms with Gasteiger partial charge in [0.2, 0.25) is 0 Å². The van der Waals surface area contributed by atoms with Gasteiger partial charge in [0.25, 0.3) is 0 Å². The summed E-state index contributed by atoms with van der Waals surface area (Å²) in [5.74, 6) is 0. The average molecular weight is 218 g/mol. The fourth-order valence-electron chi connectivity index (χ4n) is 0.223. The van der Waals surface area contributed by atoms with Crippen molar-refractivity contribution in [1.82, 2.24) is 0 Å². The zero-order valence-corrected chi connectivity index (χ0v) is 9.09.